The number of unbranched alkanes of at least 4 members (excludes halogenated alkanes) is 1. The summed E-state index contributed by atoms with van der Waals surface area (Å²) in [5.41, 5.74) is 5.59. The summed E-state index contributed by atoms with van der Waals surface area (Å²) in [6, 6.07) is 5.63. The highest BCUT2D eigenvalue weighted by Gasteiger charge is 2.06. The van der Waals surface area contributed by atoms with Crippen molar-refractivity contribution in [1.29, 1.82) is 5.26 Å². The topological polar surface area (TPSA) is 49.8 Å². The number of nitriles is 1. The maximum atomic E-state index is 8.61. The molecule has 0 aliphatic heterocycles. The fourth-order valence-electron chi connectivity index (χ4n) is 1.11. The maximum absolute atomic E-state index is 8.61. The summed E-state index contributed by atoms with van der Waals surface area (Å²) >= 11 is 1.66. The van der Waals surface area contributed by atoms with Gasteiger partial charge in [0.15, 0.2) is 0 Å². The van der Waals surface area contributed by atoms with Crippen LogP contribution in [0.3, 0.4) is 0 Å². The SMILES string of the molecule is CCCCc1ccc(C(N)C#N)s1. The van der Waals surface area contributed by atoms with E-state index in [1.54, 1.807) is 11.3 Å². The number of thiophene rings is 1. The number of aryl methyl sites for hydroxylation is 1. The van der Waals surface area contributed by atoms with Gasteiger partial charge in [0.05, 0.1) is 6.07 Å². The van der Waals surface area contributed by atoms with E-state index in [1.165, 1.54) is 17.7 Å². The van der Waals surface area contributed by atoms with Gasteiger partial charge in [-0.15, -0.1) is 11.3 Å². The summed E-state index contributed by atoms with van der Waals surface area (Å²) in [4.78, 5) is 2.32. The molecule has 1 rings (SSSR count). The van der Waals surface area contributed by atoms with Gasteiger partial charge in [0.1, 0.15) is 6.04 Å². The minimum Gasteiger partial charge on any atom is -0.312 e. The van der Waals surface area contributed by atoms with Crippen LogP contribution in [0.5, 0.6) is 0 Å². The third kappa shape index (κ3) is 2.83. The van der Waals surface area contributed by atoms with Crippen molar-refractivity contribution in [3.05, 3.63) is 21.9 Å². The van der Waals surface area contributed by atoms with Crippen LogP contribution in [0, 0.1) is 11.3 Å². The molecule has 0 saturated heterocycles. The Morgan fingerprint density at radius 3 is 3.00 bits per heavy atom. The van der Waals surface area contributed by atoms with Crippen molar-refractivity contribution >= 4 is 11.3 Å². The van der Waals surface area contributed by atoms with Crippen molar-refractivity contribution in [2.24, 2.45) is 5.73 Å². The zero-order valence-electron chi connectivity index (χ0n) is 7.79. The third-order valence-corrected chi connectivity index (χ3v) is 3.13. The fraction of sp³-hybridized carbons (Fsp3) is 0.500. The number of nitrogens with two attached hydrogens (primary N) is 1. The van der Waals surface area contributed by atoms with Crippen molar-refractivity contribution in [2.45, 2.75) is 32.2 Å². The second-order valence-corrected chi connectivity index (χ2v) is 4.21. The lowest BCUT2D eigenvalue weighted by Gasteiger charge is -1.96. The number of nitrogens with zero attached hydrogens (tertiary/aromatic N) is 1. The predicted molar refractivity (Wildman–Crippen MR) is 55.5 cm³/mol. The van der Waals surface area contributed by atoms with Crippen molar-refractivity contribution in [2.75, 3.05) is 0 Å². The first-order valence-corrected chi connectivity index (χ1v) is 5.33. The molecule has 0 saturated carbocycles. The molecule has 1 aromatic heterocycles. The Morgan fingerprint density at radius 2 is 2.38 bits per heavy atom. The normalized spacial score (nSPS) is 12.4. The molecular weight excluding hydrogens is 180 g/mol. The maximum Gasteiger partial charge on any atom is 0.128 e. The molecule has 1 unspecified atom stereocenters. The van der Waals surface area contributed by atoms with Crippen LogP contribution < -0.4 is 5.73 Å². The van der Waals surface area contributed by atoms with Gasteiger partial charge in [-0.1, -0.05) is 13.3 Å². The molecule has 1 heterocycles. The third-order valence-electron chi connectivity index (χ3n) is 1.90. The molecule has 0 aromatic carbocycles. The number of hydrogen-bond acceptors (Lipinski definition) is 3. The molecule has 0 spiro atoms. The molecule has 0 aliphatic carbocycles. The van der Waals surface area contributed by atoms with Crippen molar-refractivity contribution in [3.63, 3.8) is 0 Å². The second kappa shape index (κ2) is 5.00. The molecule has 0 bridgehead atoms. The van der Waals surface area contributed by atoms with E-state index in [4.69, 9.17) is 11.0 Å². The van der Waals surface area contributed by atoms with Crippen LogP contribution in [-0.4, -0.2) is 0 Å². The van der Waals surface area contributed by atoms with Gasteiger partial charge in [0, 0.05) is 9.75 Å². The van der Waals surface area contributed by atoms with E-state index in [0.29, 0.717) is 0 Å². The molecule has 70 valence electrons. The highest BCUT2D eigenvalue weighted by Crippen LogP contribution is 2.22. The Morgan fingerprint density at radius 1 is 1.62 bits per heavy atom. The molecular formula is C10H14N2S. The monoisotopic (exact) mass is 194 g/mol. The molecule has 3 heteroatoms. The van der Waals surface area contributed by atoms with Crippen molar-refractivity contribution in [3.8, 4) is 6.07 Å². The molecule has 0 fully saturated rings. The predicted octanol–water partition coefficient (Wildman–Crippen LogP) is 2.61. The summed E-state index contributed by atoms with van der Waals surface area (Å²) in [5, 5.41) is 8.61. The van der Waals surface area contributed by atoms with Gasteiger partial charge < -0.3 is 5.73 Å². The van der Waals surface area contributed by atoms with Gasteiger partial charge >= 0.3 is 0 Å². The average molecular weight is 194 g/mol. The van der Waals surface area contributed by atoms with Crippen molar-refractivity contribution < 1.29 is 0 Å². The number of rotatable bonds is 4. The van der Waals surface area contributed by atoms with Crippen LogP contribution in [0.4, 0.5) is 0 Å². The van der Waals surface area contributed by atoms with E-state index in [9.17, 15) is 0 Å². The van der Waals surface area contributed by atoms with E-state index in [1.807, 2.05) is 12.1 Å². The van der Waals surface area contributed by atoms with E-state index < -0.39 is 6.04 Å². The van der Waals surface area contributed by atoms with E-state index in [2.05, 4.69) is 13.0 Å². The fourth-order valence-corrected chi connectivity index (χ4v) is 2.11. The molecule has 0 radical (unpaired) electrons. The van der Waals surface area contributed by atoms with Crippen LogP contribution in [0.25, 0.3) is 0 Å². The molecule has 0 aliphatic rings. The van der Waals surface area contributed by atoms with Crippen LogP contribution in [0.1, 0.15) is 35.6 Å². The number of hydrogen-bond donors (Lipinski definition) is 1. The Balaban J connectivity index is 2.59. The lowest BCUT2D eigenvalue weighted by molar-refractivity contribution is 0.804. The largest absolute Gasteiger partial charge is 0.312 e. The quantitative estimate of drug-likeness (QED) is 0.801. The Kier molecular flexibility index (Phi) is 3.94. The Bertz CT molecular complexity index is 298. The first-order valence-electron chi connectivity index (χ1n) is 4.51. The van der Waals surface area contributed by atoms with Gasteiger partial charge in [0.2, 0.25) is 0 Å². The highest BCUT2D eigenvalue weighted by molar-refractivity contribution is 7.12. The first-order chi connectivity index (χ1) is 6.27. The molecule has 1 atom stereocenters. The average Bonchev–Trinajstić information content (AvgIpc) is 2.62. The van der Waals surface area contributed by atoms with Gasteiger partial charge in [0.25, 0.3) is 0 Å². The minimum atomic E-state index is -0.444. The summed E-state index contributed by atoms with van der Waals surface area (Å²) < 4.78 is 0. The van der Waals surface area contributed by atoms with Gasteiger partial charge in [-0.05, 0) is 25.0 Å². The van der Waals surface area contributed by atoms with Crippen LogP contribution in [-0.2, 0) is 6.42 Å². The van der Waals surface area contributed by atoms with Crippen molar-refractivity contribution in [1.82, 2.24) is 0 Å². The summed E-state index contributed by atoms with van der Waals surface area (Å²) in [6.45, 7) is 2.18. The summed E-state index contributed by atoms with van der Waals surface area (Å²) in [5.74, 6) is 0. The van der Waals surface area contributed by atoms with Crippen LogP contribution >= 0.6 is 11.3 Å². The zero-order valence-corrected chi connectivity index (χ0v) is 8.60. The van der Waals surface area contributed by atoms with Gasteiger partial charge in [-0.25, -0.2) is 0 Å². The van der Waals surface area contributed by atoms with Crippen LogP contribution in [0.15, 0.2) is 12.1 Å². The molecule has 2 N–H and O–H groups in total. The lowest BCUT2D eigenvalue weighted by atomic mass is 10.2. The minimum absolute atomic E-state index is 0.444. The highest BCUT2D eigenvalue weighted by atomic mass is 32.1. The second-order valence-electron chi connectivity index (χ2n) is 3.01. The Hall–Kier alpha value is -0.850. The zero-order chi connectivity index (χ0) is 9.68. The molecule has 2 nitrogen and oxygen atoms in total. The van der Waals surface area contributed by atoms with E-state index in [0.717, 1.165) is 11.3 Å². The molecule has 0 amide bonds. The van der Waals surface area contributed by atoms with Gasteiger partial charge in [-0.3, -0.25) is 0 Å². The van der Waals surface area contributed by atoms with Gasteiger partial charge in [-0.2, -0.15) is 5.26 Å². The van der Waals surface area contributed by atoms with E-state index >= 15 is 0 Å². The first kappa shape index (κ1) is 10.2. The Labute approximate surface area is 83.0 Å². The smallest absolute Gasteiger partial charge is 0.128 e. The summed E-state index contributed by atoms with van der Waals surface area (Å²) in [6.07, 6.45) is 3.53. The molecule has 13 heavy (non-hydrogen) atoms. The lowest BCUT2D eigenvalue weighted by Crippen LogP contribution is -2.04. The standard InChI is InChI=1S/C10H14N2S/c1-2-3-4-8-5-6-10(13-8)9(12)7-11/h5-6,9H,2-4,12H2,1H3. The van der Waals surface area contributed by atoms with E-state index in [-0.39, 0.29) is 0 Å². The molecule has 1 aromatic rings. The van der Waals surface area contributed by atoms with Crippen LogP contribution in [0.2, 0.25) is 0 Å². The summed E-state index contributed by atoms with van der Waals surface area (Å²) in [7, 11) is 0.